The maximum absolute atomic E-state index is 9.51. The van der Waals surface area contributed by atoms with E-state index in [1.54, 1.807) is 0 Å². The number of aliphatic hydroxyl groups is 1. The molecule has 0 aliphatic carbocycles. The van der Waals surface area contributed by atoms with Crippen LogP contribution in [0.4, 0.5) is 0 Å². The molecule has 1 atom stereocenters. The van der Waals surface area contributed by atoms with Gasteiger partial charge in [-0.2, -0.15) is 4.98 Å². The van der Waals surface area contributed by atoms with Crippen molar-refractivity contribution in [2.45, 2.75) is 32.8 Å². The van der Waals surface area contributed by atoms with E-state index in [4.69, 9.17) is 4.74 Å². The molecule has 0 amide bonds. The number of hydrogen-bond donors (Lipinski definition) is 1. The smallest absolute Gasteiger partial charge is 0.244 e. The molecular formula is C16H18N2O2S. The summed E-state index contributed by atoms with van der Waals surface area (Å²) >= 11 is 1.52. The Bertz CT molecular complexity index is 730. The Morgan fingerprint density at radius 3 is 2.76 bits per heavy atom. The van der Waals surface area contributed by atoms with Gasteiger partial charge < -0.3 is 9.84 Å². The molecule has 0 aliphatic heterocycles. The zero-order valence-corrected chi connectivity index (χ0v) is 12.9. The largest absolute Gasteiger partial charge is 0.437 e. The number of imidazole rings is 1. The fourth-order valence-corrected chi connectivity index (χ4v) is 2.97. The first-order valence-corrected chi connectivity index (χ1v) is 7.94. The summed E-state index contributed by atoms with van der Waals surface area (Å²) in [6.07, 6.45) is 3.00. The quantitative estimate of drug-likeness (QED) is 0.768. The average Bonchev–Trinajstić information content (AvgIpc) is 3.07. The molecule has 0 bridgehead atoms. The molecule has 3 rings (SSSR count). The van der Waals surface area contributed by atoms with E-state index in [9.17, 15) is 5.11 Å². The highest BCUT2D eigenvalue weighted by Crippen LogP contribution is 2.29. The van der Waals surface area contributed by atoms with Crippen molar-refractivity contribution < 1.29 is 9.84 Å². The van der Waals surface area contributed by atoms with Crippen LogP contribution in [0.5, 0.6) is 11.6 Å². The van der Waals surface area contributed by atoms with Crippen LogP contribution in [0.25, 0.3) is 4.96 Å². The molecule has 110 valence electrons. The van der Waals surface area contributed by atoms with Gasteiger partial charge in [-0.05, 0) is 30.0 Å². The minimum atomic E-state index is -0.0990. The minimum absolute atomic E-state index is 0.0990. The van der Waals surface area contributed by atoms with E-state index in [0.29, 0.717) is 17.5 Å². The van der Waals surface area contributed by atoms with Crippen LogP contribution in [0.1, 0.15) is 37.4 Å². The van der Waals surface area contributed by atoms with Crippen LogP contribution >= 0.6 is 11.3 Å². The van der Waals surface area contributed by atoms with Crippen molar-refractivity contribution in [2.75, 3.05) is 0 Å². The van der Waals surface area contributed by atoms with Crippen LogP contribution in [0.3, 0.4) is 0 Å². The van der Waals surface area contributed by atoms with Gasteiger partial charge in [-0.1, -0.05) is 26.0 Å². The Hall–Kier alpha value is -1.85. The van der Waals surface area contributed by atoms with Gasteiger partial charge in [0.2, 0.25) is 5.88 Å². The molecule has 5 heteroatoms. The number of aromatic nitrogens is 2. The average molecular weight is 302 g/mol. The predicted molar refractivity (Wildman–Crippen MR) is 84.2 cm³/mol. The van der Waals surface area contributed by atoms with Crippen LogP contribution < -0.4 is 4.74 Å². The third-order valence-electron chi connectivity index (χ3n) is 3.75. The Balaban J connectivity index is 1.86. The van der Waals surface area contributed by atoms with E-state index in [0.717, 1.165) is 17.1 Å². The lowest BCUT2D eigenvalue weighted by molar-refractivity contribution is 0.270. The molecule has 1 N–H and O–H groups in total. The summed E-state index contributed by atoms with van der Waals surface area (Å²) in [6.45, 7) is 4.29. The van der Waals surface area contributed by atoms with Gasteiger partial charge in [-0.25, -0.2) is 0 Å². The fraction of sp³-hybridized carbons (Fsp3) is 0.312. The summed E-state index contributed by atoms with van der Waals surface area (Å²) in [5.74, 6) is 1.76. The molecule has 1 aromatic carbocycles. The second-order valence-electron chi connectivity index (χ2n) is 5.06. The van der Waals surface area contributed by atoms with Crippen molar-refractivity contribution in [3.63, 3.8) is 0 Å². The minimum Gasteiger partial charge on any atom is -0.437 e. The van der Waals surface area contributed by atoms with Crippen LogP contribution in [0.2, 0.25) is 0 Å². The summed E-state index contributed by atoms with van der Waals surface area (Å²) in [7, 11) is 0. The third kappa shape index (κ3) is 2.66. The summed E-state index contributed by atoms with van der Waals surface area (Å²) in [4.78, 5) is 5.24. The Morgan fingerprint density at radius 2 is 2.10 bits per heavy atom. The lowest BCUT2D eigenvalue weighted by atomic mass is 9.99. The third-order valence-corrected chi connectivity index (χ3v) is 4.51. The summed E-state index contributed by atoms with van der Waals surface area (Å²) in [5.41, 5.74) is 1.98. The van der Waals surface area contributed by atoms with E-state index >= 15 is 0 Å². The first-order chi connectivity index (χ1) is 10.2. The molecular weight excluding hydrogens is 284 g/mol. The van der Waals surface area contributed by atoms with Gasteiger partial charge in [0.05, 0.1) is 6.61 Å². The maximum atomic E-state index is 9.51. The standard InChI is InChI=1S/C16H18N2O2S/c1-3-11(2)12-4-6-13(7-5-12)20-15-14(10-19)18-8-9-21-16(18)17-15/h4-9,11,19H,3,10H2,1-2H3. The zero-order chi connectivity index (χ0) is 14.8. The van der Waals surface area contributed by atoms with Crippen LogP contribution in [0.15, 0.2) is 35.8 Å². The molecule has 3 aromatic rings. The number of fused-ring (bicyclic) bond motifs is 1. The molecule has 0 radical (unpaired) electrons. The van der Waals surface area contributed by atoms with Gasteiger partial charge in [0.25, 0.3) is 0 Å². The highest BCUT2D eigenvalue weighted by atomic mass is 32.1. The number of aliphatic hydroxyl groups excluding tert-OH is 1. The zero-order valence-electron chi connectivity index (χ0n) is 12.1. The first-order valence-electron chi connectivity index (χ1n) is 7.06. The van der Waals surface area contributed by atoms with Crippen LogP contribution in [0, 0.1) is 0 Å². The van der Waals surface area contributed by atoms with Gasteiger partial charge in [-0.3, -0.25) is 4.40 Å². The number of benzene rings is 1. The van der Waals surface area contributed by atoms with Crippen molar-refractivity contribution >= 4 is 16.3 Å². The summed E-state index contributed by atoms with van der Waals surface area (Å²) in [6, 6.07) is 8.08. The first kappa shape index (κ1) is 14.1. The summed E-state index contributed by atoms with van der Waals surface area (Å²) in [5, 5.41) is 11.5. The monoisotopic (exact) mass is 302 g/mol. The van der Waals surface area contributed by atoms with Gasteiger partial charge in [-0.15, -0.1) is 11.3 Å². The lowest BCUT2D eigenvalue weighted by Gasteiger charge is -2.10. The second kappa shape index (κ2) is 5.87. The molecule has 2 heterocycles. The van der Waals surface area contributed by atoms with Crippen LogP contribution in [-0.4, -0.2) is 14.5 Å². The predicted octanol–water partition coefficient (Wildman–Crippen LogP) is 4.19. The number of thiazole rings is 1. The fourth-order valence-electron chi connectivity index (χ4n) is 2.25. The van der Waals surface area contributed by atoms with E-state index in [1.807, 2.05) is 28.1 Å². The molecule has 0 spiro atoms. The van der Waals surface area contributed by atoms with Gasteiger partial charge in [0.1, 0.15) is 11.4 Å². The number of hydrogen-bond acceptors (Lipinski definition) is 4. The molecule has 0 saturated heterocycles. The van der Waals surface area contributed by atoms with E-state index in [2.05, 4.69) is 31.0 Å². The molecule has 0 saturated carbocycles. The molecule has 1 unspecified atom stereocenters. The SMILES string of the molecule is CCC(C)c1ccc(Oc2nc3sccn3c2CO)cc1. The van der Waals surface area contributed by atoms with Crippen molar-refractivity contribution in [3.05, 3.63) is 47.1 Å². The number of rotatable bonds is 5. The van der Waals surface area contributed by atoms with Crippen molar-refractivity contribution in [2.24, 2.45) is 0 Å². The Labute approximate surface area is 127 Å². The Kier molecular flexibility index (Phi) is 3.94. The molecule has 21 heavy (non-hydrogen) atoms. The topological polar surface area (TPSA) is 46.8 Å². The molecule has 0 aliphatic rings. The highest BCUT2D eigenvalue weighted by Gasteiger charge is 2.14. The van der Waals surface area contributed by atoms with E-state index in [-0.39, 0.29) is 6.61 Å². The highest BCUT2D eigenvalue weighted by molar-refractivity contribution is 7.15. The van der Waals surface area contributed by atoms with Gasteiger partial charge >= 0.3 is 0 Å². The second-order valence-corrected chi connectivity index (χ2v) is 5.93. The lowest BCUT2D eigenvalue weighted by Crippen LogP contribution is -1.94. The van der Waals surface area contributed by atoms with Crippen molar-refractivity contribution in [1.29, 1.82) is 0 Å². The van der Waals surface area contributed by atoms with E-state index < -0.39 is 0 Å². The van der Waals surface area contributed by atoms with E-state index in [1.165, 1.54) is 16.9 Å². The molecule has 2 aromatic heterocycles. The number of nitrogens with zero attached hydrogens (tertiary/aromatic N) is 2. The van der Waals surface area contributed by atoms with Crippen molar-refractivity contribution in [1.82, 2.24) is 9.38 Å². The van der Waals surface area contributed by atoms with Crippen LogP contribution in [-0.2, 0) is 6.61 Å². The molecule has 0 fully saturated rings. The van der Waals surface area contributed by atoms with Gasteiger partial charge in [0, 0.05) is 11.6 Å². The molecule has 4 nitrogen and oxygen atoms in total. The maximum Gasteiger partial charge on any atom is 0.244 e. The Morgan fingerprint density at radius 1 is 1.33 bits per heavy atom. The van der Waals surface area contributed by atoms with Crippen molar-refractivity contribution in [3.8, 4) is 11.6 Å². The normalized spacial score (nSPS) is 12.7. The number of ether oxygens (including phenoxy) is 1. The summed E-state index contributed by atoms with van der Waals surface area (Å²) < 4.78 is 7.68. The van der Waals surface area contributed by atoms with Gasteiger partial charge in [0.15, 0.2) is 4.96 Å².